The molecule has 0 fully saturated rings. The van der Waals surface area contributed by atoms with Crippen LogP contribution in [0.3, 0.4) is 0 Å². The average Bonchev–Trinajstić information content (AvgIpc) is 2.15. The molecule has 4 heteroatoms. The van der Waals surface area contributed by atoms with E-state index in [2.05, 4.69) is 10.7 Å². The van der Waals surface area contributed by atoms with Crippen LogP contribution >= 0.6 is 0 Å². The van der Waals surface area contributed by atoms with Crippen LogP contribution in [-0.2, 0) is 6.54 Å². The molecule has 0 spiro atoms. The first-order chi connectivity index (χ1) is 5.86. The number of benzene rings is 1. The molecule has 0 radical (unpaired) electrons. The molecule has 0 atom stereocenters. The number of rotatable bonds is 3. The lowest BCUT2D eigenvalue weighted by atomic mass is 10.1. The van der Waals surface area contributed by atoms with E-state index in [1.807, 2.05) is 6.07 Å². The number of nitrogens with one attached hydrogen (secondary N) is 1. The van der Waals surface area contributed by atoms with Crippen molar-refractivity contribution in [1.82, 2.24) is 5.43 Å². The van der Waals surface area contributed by atoms with Crippen molar-refractivity contribution < 1.29 is 0 Å². The van der Waals surface area contributed by atoms with Gasteiger partial charge in [-0.15, -0.1) is 4.91 Å². The Labute approximate surface area is 69.8 Å². The van der Waals surface area contributed by atoms with Crippen molar-refractivity contribution in [2.24, 2.45) is 5.29 Å². The predicted molar refractivity (Wildman–Crippen MR) is 43.8 cm³/mol. The fourth-order valence-electron chi connectivity index (χ4n) is 0.821. The van der Waals surface area contributed by atoms with Gasteiger partial charge in [-0.2, -0.15) is 5.26 Å². The van der Waals surface area contributed by atoms with Gasteiger partial charge in [-0.3, -0.25) is 5.43 Å². The standard InChI is InChI=1S/C8H7N3O/c9-5-7-1-3-8(4-2-7)6-10-11-12/h1-4H,6H2,(H,10,12). The summed E-state index contributed by atoms with van der Waals surface area (Å²) in [5, 5.41) is 11.0. The molecule has 12 heavy (non-hydrogen) atoms. The SMILES string of the molecule is N#Cc1ccc(CNN=O)cc1. The number of hydrogen-bond donors (Lipinski definition) is 1. The zero-order valence-electron chi connectivity index (χ0n) is 6.32. The van der Waals surface area contributed by atoms with Crippen molar-refractivity contribution in [1.29, 1.82) is 5.26 Å². The van der Waals surface area contributed by atoms with E-state index in [1.54, 1.807) is 24.3 Å². The van der Waals surface area contributed by atoms with Crippen molar-refractivity contribution >= 4 is 0 Å². The quantitative estimate of drug-likeness (QED) is 0.537. The summed E-state index contributed by atoms with van der Waals surface area (Å²) in [5.74, 6) is 0. The maximum Gasteiger partial charge on any atom is 0.0991 e. The van der Waals surface area contributed by atoms with Gasteiger partial charge < -0.3 is 0 Å². The third-order valence-electron chi connectivity index (χ3n) is 1.43. The first-order valence-corrected chi connectivity index (χ1v) is 3.41. The monoisotopic (exact) mass is 161 g/mol. The van der Waals surface area contributed by atoms with E-state index < -0.39 is 0 Å². The largest absolute Gasteiger partial charge is 0.269 e. The van der Waals surface area contributed by atoms with Crippen molar-refractivity contribution in [2.75, 3.05) is 0 Å². The average molecular weight is 161 g/mol. The molecule has 1 aromatic rings. The fraction of sp³-hybridized carbons (Fsp3) is 0.125. The lowest BCUT2D eigenvalue weighted by Gasteiger charge is -1.96. The van der Waals surface area contributed by atoms with Crippen LogP contribution in [0.4, 0.5) is 0 Å². The maximum absolute atomic E-state index is 9.69. The third kappa shape index (κ3) is 2.06. The van der Waals surface area contributed by atoms with Crippen LogP contribution in [0.15, 0.2) is 29.6 Å². The van der Waals surface area contributed by atoms with Crippen LogP contribution in [-0.4, -0.2) is 0 Å². The molecular weight excluding hydrogens is 154 g/mol. The van der Waals surface area contributed by atoms with Gasteiger partial charge in [0.15, 0.2) is 0 Å². The van der Waals surface area contributed by atoms with E-state index in [1.165, 1.54) is 0 Å². The van der Waals surface area contributed by atoms with Gasteiger partial charge in [0.1, 0.15) is 0 Å². The van der Waals surface area contributed by atoms with Crippen molar-refractivity contribution in [2.45, 2.75) is 6.54 Å². The minimum atomic E-state index is 0.398. The summed E-state index contributed by atoms with van der Waals surface area (Å²) in [6.07, 6.45) is 0. The van der Waals surface area contributed by atoms with E-state index in [4.69, 9.17) is 5.26 Å². The molecule has 0 aromatic heterocycles. The Morgan fingerprint density at radius 1 is 1.42 bits per heavy atom. The van der Waals surface area contributed by atoms with Crippen LogP contribution < -0.4 is 5.43 Å². The summed E-state index contributed by atoms with van der Waals surface area (Å²) in [7, 11) is 0. The number of nitrogens with zero attached hydrogens (tertiary/aromatic N) is 2. The van der Waals surface area contributed by atoms with E-state index in [0.717, 1.165) is 5.56 Å². The van der Waals surface area contributed by atoms with Gasteiger partial charge in [0, 0.05) is 5.29 Å². The first kappa shape index (κ1) is 8.21. The Balaban J connectivity index is 2.66. The molecule has 60 valence electrons. The normalized spacial score (nSPS) is 8.58. The summed E-state index contributed by atoms with van der Waals surface area (Å²) in [6, 6.07) is 8.95. The molecule has 1 rings (SSSR count). The highest BCUT2D eigenvalue weighted by Crippen LogP contribution is 2.02. The van der Waals surface area contributed by atoms with Crippen molar-refractivity contribution in [3.05, 3.63) is 40.3 Å². The molecule has 1 aromatic carbocycles. The highest BCUT2D eigenvalue weighted by molar-refractivity contribution is 5.31. The van der Waals surface area contributed by atoms with Crippen LogP contribution in [0.1, 0.15) is 11.1 Å². The lowest BCUT2D eigenvalue weighted by Crippen LogP contribution is -2.02. The van der Waals surface area contributed by atoms with Gasteiger partial charge in [0.05, 0.1) is 18.2 Å². The topological polar surface area (TPSA) is 65.2 Å². The summed E-state index contributed by atoms with van der Waals surface area (Å²) in [6.45, 7) is 0.398. The minimum Gasteiger partial charge on any atom is -0.269 e. The highest BCUT2D eigenvalue weighted by atomic mass is 16.3. The molecule has 0 heterocycles. The van der Waals surface area contributed by atoms with Crippen LogP contribution in [0.25, 0.3) is 0 Å². The second-order valence-electron chi connectivity index (χ2n) is 2.23. The molecule has 0 bridgehead atoms. The molecule has 0 saturated carbocycles. The van der Waals surface area contributed by atoms with Crippen LogP contribution in [0, 0.1) is 16.2 Å². The van der Waals surface area contributed by atoms with Gasteiger partial charge in [-0.25, -0.2) is 0 Å². The summed E-state index contributed by atoms with van der Waals surface area (Å²) in [4.78, 5) is 9.69. The van der Waals surface area contributed by atoms with Gasteiger partial charge in [-0.1, -0.05) is 12.1 Å². The van der Waals surface area contributed by atoms with E-state index >= 15 is 0 Å². The van der Waals surface area contributed by atoms with Crippen LogP contribution in [0.5, 0.6) is 0 Å². The number of nitroso groups, excluding NO2 is 1. The molecule has 0 aliphatic rings. The van der Waals surface area contributed by atoms with Gasteiger partial charge in [-0.05, 0) is 17.7 Å². The van der Waals surface area contributed by atoms with Gasteiger partial charge in [0.2, 0.25) is 0 Å². The third-order valence-corrected chi connectivity index (χ3v) is 1.43. The lowest BCUT2D eigenvalue weighted by molar-refractivity contribution is 0.736. The maximum atomic E-state index is 9.69. The predicted octanol–water partition coefficient (Wildman–Crippen LogP) is 1.33. The molecule has 0 amide bonds. The molecule has 0 unspecified atom stereocenters. The minimum absolute atomic E-state index is 0.398. The Hall–Kier alpha value is -1.89. The molecule has 4 nitrogen and oxygen atoms in total. The Morgan fingerprint density at radius 3 is 2.58 bits per heavy atom. The Morgan fingerprint density at radius 2 is 2.08 bits per heavy atom. The Kier molecular flexibility index (Phi) is 2.79. The van der Waals surface area contributed by atoms with Crippen LogP contribution in [0.2, 0.25) is 0 Å². The smallest absolute Gasteiger partial charge is 0.0991 e. The summed E-state index contributed by atoms with van der Waals surface area (Å²) < 4.78 is 0. The van der Waals surface area contributed by atoms with Crippen molar-refractivity contribution in [3.63, 3.8) is 0 Å². The zero-order valence-corrected chi connectivity index (χ0v) is 6.32. The van der Waals surface area contributed by atoms with Gasteiger partial charge >= 0.3 is 0 Å². The van der Waals surface area contributed by atoms with Crippen molar-refractivity contribution in [3.8, 4) is 6.07 Å². The molecule has 1 N–H and O–H groups in total. The molecular formula is C8H7N3O. The van der Waals surface area contributed by atoms with E-state index in [-0.39, 0.29) is 0 Å². The molecule has 0 aliphatic heterocycles. The Bertz CT molecular complexity index is 299. The second kappa shape index (κ2) is 4.09. The summed E-state index contributed by atoms with van der Waals surface area (Å²) in [5.41, 5.74) is 3.82. The molecule has 0 saturated heterocycles. The first-order valence-electron chi connectivity index (χ1n) is 3.41. The molecule has 0 aliphatic carbocycles. The van der Waals surface area contributed by atoms with E-state index in [0.29, 0.717) is 12.1 Å². The summed E-state index contributed by atoms with van der Waals surface area (Å²) >= 11 is 0. The van der Waals surface area contributed by atoms with Gasteiger partial charge in [0.25, 0.3) is 0 Å². The number of hydrogen-bond acceptors (Lipinski definition) is 3. The second-order valence-corrected chi connectivity index (χ2v) is 2.23. The van der Waals surface area contributed by atoms with E-state index in [9.17, 15) is 4.91 Å². The fourth-order valence-corrected chi connectivity index (χ4v) is 0.821. The zero-order chi connectivity index (χ0) is 8.81. The number of nitriles is 1. The highest BCUT2D eigenvalue weighted by Gasteiger charge is 1.91.